The summed E-state index contributed by atoms with van der Waals surface area (Å²) in [5.74, 6) is 0.942. The zero-order valence-corrected chi connectivity index (χ0v) is 11.8. The number of anilines is 2. The highest BCUT2D eigenvalue weighted by molar-refractivity contribution is 5.59. The third kappa shape index (κ3) is 3.55. The Morgan fingerprint density at radius 2 is 1.84 bits per heavy atom. The molecule has 19 heavy (non-hydrogen) atoms. The second kappa shape index (κ2) is 5.85. The fourth-order valence-corrected chi connectivity index (χ4v) is 2.01. The Balaban J connectivity index is 2.15. The van der Waals surface area contributed by atoms with Gasteiger partial charge >= 0.3 is 0 Å². The molecule has 3 heteroatoms. The van der Waals surface area contributed by atoms with Crippen molar-refractivity contribution in [2.75, 3.05) is 11.9 Å². The zero-order chi connectivity index (χ0) is 13.8. The third-order valence-electron chi connectivity index (χ3n) is 3.13. The minimum atomic E-state index is 0.169. The number of nitrogens with two attached hydrogens (primary N) is 1. The minimum Gasteiger partial charge on any atom is -0.329 e. The van der Waals surface area contributed by atoms with Gasteiger partial charge in [-0.3, -0.25) is 0 Å². The van der Waals surface area contributed by atoms with Crippen molar-refractivity contribution in [3.8, 4) is 0 Å². The van der Waals surface area contributed by atoms with Crippen molar-refractivity contribution in [3.05, 3.63) is 53.7 Å². The van der Waals surface area contributed by atoms with Crippen LogP contribution in [0.15, 0.2) is 42.6 Å². The second-order valence-electron chi connectivity index (χ2n) is 5.10. The van der Waals surface area contributed by atoms with Crippen LogP contribution in [0.4, 0.5) is 11.5 Å². The van der Waals surface area contributed by atoms with E-state index in [1.165, 1.54) is 11.1 Å². The lowest BCUT2D eigenvalue weighted by molar-refractivity contribution is 0.735. The monoisotopic (exact) mass is 255 g/mol. The first kappa shape index (κ1) is 13.6. The summed E-state index contributed by atoms with van der Waals surface area (Å²) in [7, 11) is 2.03. The van der Waals surface area contributed by atoms with Crippen molar-refractivity contribution in [3.63, 3.8) is 0 Å². The highest BCUT2D eigenvalue weighted by atomic mass is 15.2. The summed E-state index contributed by atoms with van der Waals surface area (Å²) in [6.45, 7) is 4.09. The molecule has 1 unspecified atom stereocenters. The summed E-state index contributed by atoms with van der Waals surface area (Å²) >= 11 is 0. The molecule has 0 bridgehead atoms. The lowest BCUT2D eigenvalue weighted by Crippen LogP contribution is -2.18. The maximum absolute atomic E-state index is 5.79. The molecule has 0 aliphatic carbocycles. The highest BCUT2D eigenvalue weighted by Crippen LogP contribution is 2.21. The molecule has 1 aromatic carbocycles. The van der Waals surface area contributed by atoms with Crippen molar-refractivity contribution in [2.24, 2.45) is 5.73 Å². The van der Waals surface area contributed by atoms with E-state index >= 15 is 0 Å². The number of benzene rings is 1. The van der Waals surface area contributed by atoms with Crippen LogP contribution in [-0.2, 0) is 6.42 Å². The van der Waals surface area contributed by atoms with Gasteiger partial charge in [-0.15, -0.1) is 0 Å². The van der Waals surface area contributed by atoms with Gasteiger partial charge in [0, 0.05) is 25.0 Å². The maximum Gasteiger partial charge on any atom is 0.132 e. The number of aryl methyl sites for hydroxylation is 1. The summed E-state index contributed by atoms with van der Waals surface area (Å²) in [5.41, 5.74) is 9.36. The number of hydrogen-bond acceptors (Lipinski definition) is 3. The minimum absolute atomic E-state index is 0.169. The Labute approximate surface area is 115 Å². The standard InChI is InChI=1S/C16H21N3/c1-12-4-7-15(8-5-12)19(3)16-9-6-14(11-18-16)10-13(2)17/h4-9,11,13H,10,17H2,1-3H3. The summed E-state index contributed by atoms with van der Waals surface area (Å²) in [5, 5.41) is 0. The van der Waals surface area contributed by atoms with Gasteiger partial charge in [-0.2, -0.15) is 0 Å². The van der Waals surface area contributed by atoms with Crippen molar-refractivity contribution in [2.45, 2.75) is 26.3 Å². The van der Waals surface area contributed by atoms with Crippen molar-refractivity contribution in [1.29, 1.82) is 0 Å². The van der Waals surface area contributed by atoms with E-state index in [1.807, 2.05) is 26.2 Å². The zero-order valence-electron chi connectivity index (χ0n) is 11.8. The van der Waals surface area contributed by atoms with Crippen molar-refractivity contribution < 1.29 is 0 Å². The van der Waals surface area contributed by atoms with Gasteiger partial charge in [-0.25, -0.2) is 4.98 Å². The molecule has 0 aliphatic rings. The van der Waals surface area contributed by atoms with Crippen LogP contribution in [0.5, 0.6) is 0 Å². The predicted octanol–water partition coefficient (Wildman–Crippen LogP) is 3.05. The van der Waals surface area contributed by atoms with E-state index < -0.39 is 0 Å². The van der Waals surface area contributed by atoms with Crippen molar-refractivity contribution in [1.82, 2.24) is 4.98 Å². The molecule has 0 saturated heterocycles. The van der Waals surface area contributed by atoms with E-state index in [4.69, 9.17) is 5.73 Å². The summed E-state index contributed by atoms with van der Waals surface area (Å²) in [6, 6.07) is 12.7. The van der Waals surface area contributed by atoms with Crippen LogP contribution in [-0.4, -0.2) is 18.1 Å². The Kier molecular flexibility index (Phi) is 4.17. The van der Waals surface area contributed by atoms with Gasteiger partial charge in [0.25, 0.3) is 0 Å². The molecular weight excluding hydrogens is 234 g/mol. The third-order valence-corrected chi connectivity index (χ3v) is 3.13. The molecule has 0 saturated carbocycles. The first-order valence-electron chi connectivity index (χ1n) is 6.57. The topological polar surface area (TPSA) is 42.1 Å². The fourth-order valence-electron chi connectivity index (χ4n) is 2.01. The average molecular weight is 255 g/mol. The van der Waals surface area contributed by atoms with Crippen LogP contribution in [0.2, 0.25) is 0 Å². The number of aromatic nitrogens is 1. The number of pyridine rings is 1. The maximum atomic E-state index is 5.79. The molecule has 1 heterocycles. The van der Waals surface area contributed by atoms with E-state index in [0.717, 1.165) is 17.9 Å². The van der Waals surface area contributed by atoms with E-state index in [1.54, 1.807) is 0 Å². The molecule has 0 amide bonds. The van der Waals surface area contributed by atoms with E-state index in [-0.39, 0.29) is 6.04 Å². The first-order chi connectivity index (χ1) is 9.06. The van der Waals surface area contributed by atoms with Crippen LogP contribution in [0.25, 0.3) is 0 Å². The Hall–Kier alpha value is -1.87. The normalized spacial score (nSPS) is 12.2. The van der Waals surface area contributed by atoms with Crippen molar-refractivity contribution >= 4 is 11.5 Å². The first-order valence-corrected chi connectivity index (χ1v) is 6.57. The quantitative estimate of drug-likeness (QED) is 0.913. The van der Waals surface area contributed by atoms with Gasteiger partial charge in [0.1, 0.15) is 5.82 Å². The molecule has 3 nitrogen and oxygen atoms in total. The Morgan fingerprint density at radius 1 is 1.16 bits per heavy atom. The molecule has 2 rings (SSSR count). The van der Waals surface area contributed by atoms with Crippen LogP contribution in [0.1, 0.15) is 18.1 Å². The predicted molar refractivity (Wildman–Crippen MR) is 80.8 cm³/mol. The molecule has 100 valence electrons. The number of rotatable bonds is 4. The largest absolute Gasteiger partial charge is 0.329 e. The summed E-state index contributed by atoms with van der Waals surface area (Å²) in [6.07, 6.45) is 2.77. The van der Waals surface area contributed by atoms with E-state index in [9.17, 15) is 0 Å². The highest BCUT2D eigenvalue weighted by Gasteiger charge is 2.05. The SMILES string of the molecule is Cc1ccc(N(C)c2ccc(CC(C)N)cn2)cc1. The van der Waals surface area contributed by atoms with E-state index in [2.05, 4.69) is 47.1 Å². The molecule has 2 N–H and O–H groups in total. The second-order valence-corrected chi connectivity index (χ2v) is 5.10. The van der Waals surface area contributed by atoms with Gasteiger partial charge in [0.2, 0.25) is 0 Å². The fraction of sp³-hybridized carbons (Fsp3) is 0.312. The van der Waals surface area contributed by atoms with Gasteiger partial charge in [0.05, 0.1) is 0 Å². The van der Waals surface area contributed by atoms with Gasteiger partial charge < -0.3 is 10.6 Å². The Bertz CT molecular complexity index is 515. The van der Waals surface area contributed by atoms with Gasteiger partial charge in [-0.05, 0) is 44.0 Å². The number of nitrogens with zero attached hydrogens (tertiary/aromatic N) is 2. The molecule has 1 aromatic heterocycles. The lowest BCUT2D eigenvalue weighted by atomic mass is 10.1. The molecule has 2 aromatic rings. The van der Waals surface area contributed by atoms with Gasteiger partial charge in [-0.1, -0.05) is 23.8 Å². The Morgan fingerprint density at radius 3 is 2.37 bits per heavy atom. The van der Waals surface area contributed by atoms with Gasteiger partial charge in [0.15, 0.2) is 0 Å². The molecule has 0 fully saturated rings. The van der Waals surface area contributed by atoms with Crippen LogP contribution >= 0.6 is 0 Å². The van der Waals surface area contributed by atoms with Crippen LogP contribution in [0.3, 0.4) is 0 Å². The smallest absolute Gasteiger partial charge is 0.132 e. The molecule has 0 aliphatic heterocycles. The van der Waals surface area contributed by atoms with Crippen LogP contribution in [0, 0.1) is 6.92 Å². The number of hydrogen-bond donors (Lipinski definition) is 1. The summed E-state index contributed by atoms with van der Waals surface area (Å²) in [4.78, 5) is 6.58. The lowest BCUT2D eigenvalue weighted by Gasteiger charge is -2.18. The average Bonchev–Trinajstić information content (AvgIpc) is 2.39. The van der Waals surface area contributed by atoms with Crippen LogP contribution < -0.4 is 10.6 Å². The summed E-state index contributed by atoms with van der Waals surface area (Å²) < 4.78 is 0. The molecular formula is C16H21N3. The van der Waals surface area contributed by atoms with E-state index in [0.29, 0.717) is 0 Å². The molecule has 1 atom stereocenters. The molecule has 0 radical (unpaired) electrons. The molecule has 0 spiro atoms.